The van der Waals surface area contributed by atoms with Crippen LogP contribution >= 0.6 is 0 Å². The van der Waals surface area contributed by atoms with Crippen LogP contribution < -0.4 is 10.9 Å². The third-order valence-electron chi connectivity index (χ3n) is 1.87. The van der Waals surface area contributed by atoms with Gasteiger partial charge in [0.05, 0.1) is 5.56 Å². The van der Waals surface area contributed by atoms with Gasteiger partial charge in [-0.15, -0.1) is 0 Å². The van der Waals surface area contributed by atoms with Crippen molar-refractivity contribution in [3.63, 3.8) is 0 Å². The van der Waals surface area contributed by atoms with Gasteiger partial charge in [0.15, 0.2) is 0 Å². The van der Waals surface area contributed by atoms with E-state index in [1.807, 2.05) is 0 Å². The highest BCUT2D eigenvalue weighted by Crippen LogP contribution is 2.29. The van der Waals surface area contributed by atoms with Crippen LogP contribution in [0.4, 0.5) is 32.0 Å². The number of alkyl halides is 6. The molecule has 19 heavy (non-hydrogen) atoms. The maximum absolute atomic E-state index is 12.3. The molecule has 0 aliphatic carbocycles. The van der Waals surface area contributed by atoms with Crippen LogP contribution in [0.3, 0.4) is 0 Å². The average molecular weight is 288 g/mol. The Kier molecular flexibility index (Phi) is 3.91. The van der Waals surface area contributed by atoms with Crippen molar-refractivity contribution in [3.05, 3.63) is 28.2 Å². The normalized spacial score (nSPS) is 12.3. The molecule has 1 amide bonds. The van der Waals surface area contributed by atoms with Gasteiger partial charge in [-0.05, 0) is 6.07 Å². The summed E-state index contributed by atoms with van der Waals surface area (Å²) in [5, 5.41) is 1.48. The first-order valence-electron chi connectivity index (χ1n) is 4.65. The highest BCUT2D eigenvalue weighted by Gasteiger charge is 2.33. The quantitative estimate of drug-likeness (QED) is 0.820. The molecular formula is C9H6F6N2O2. The molecule has 0 aliphatic rings. The summed E-state index contributed by atoms with van der Waals surface area (Å²) in [5.74, 6) is -1.63. The number of H-pyrrole nitrogens is 1. The van der Waals surface area contributed by atoms with Gasteiger partial charge in [-0.3, -0.25) is 9.59 Å². The zero-order valence-corrected chi connectivity index (χ0v) is 8.95. The molecule has 0 atom stereocenters. The molecule has 0 spiro atoms. The number of nitrogens with one attached hydrogen (secondary N) is 2. The van der Waals surface area contributed by atoms with Crippen LogP contribution in [-0.2, 0) is 11.0 Å². The van der Waals surface area contributed by atoms with E-state index in [-0.39, 0.29) is 6.07 Å². The third-order valence-corrected chi connectivity index (χ3v) is 1.87. The Morgan fingerprint density at radius 3 is 2.26 bits per heavy atom. The van der Waals surface area contributed by atoms with Gasteiger partial charge in [0.2, 0.25) is 5.91 Å². The van der Waals surface area contributed by atoms with Gasteiger partial charge < -0.3 is 10.3 Å². The van der Waals surface area contributed by atoms with Crippen LogP contribution in [0.15, 0.2) is 17.1 Å². The Bertz CT molecular complexity index is 531. The average Bonchev–Trinajstić information content (AvgIpc) is 2.16. The summed E-state index contributed by atoms with van der Waals surface area (Å²) in [7, 11) is 0. The van der Waals surface area contributed by atoms with Crippen LogP contribution in [0.2, 0.25) is 0 Å². The number of amides is 1. The maximum atomic E-state index is 12.3. The van der Waals surface area contributed by atoms with Gasteiger partial charge in [-0.1, -0.05) is 0 Å². The minimum absolute atomic E-state index is 0.257. The van der Waals surface area contributed by atoms with Gasteiger partial charge in [0.25, 0.3) is 5.56 Å². The number of anilines is 1. The lowest BCUT2D eigenvalue weighted by Crippen LogP contribution is -2.25. The molecule has 106 valence electrons. The van der Waals surface area contributed by atoms with Gasteiger partial charge >= 0.3 is 12.4 Å². The lowest BCUT2D eigenvalue weighted by Gasteiger charge is -2.10. The number of carbonyl (C=O) groups excluding carboxylic acids is 1. The van der Waals surface area contributed by atoms with E-state index in [4.69, 9.17) is 0 Å². The highest BCUT2D eigenvalue weighted by molar-refractivity contribution is 5.90. The van der Waals surface area contributed by atoms with Crippen molar-refractivity contribution in [1.82, 2.24) is 4.98 Å². The Morgan fingerprint density at radius 2 is 1.79 bits per heavy atom. The zero-order chi connectivity index (χ0) is 14.8. The van der Waals surface area contributed by atoms with Gasteiger partial charge in [-0.2, -0.15) is 26.3 Å². The van der Waals surface area contributed by atoms with Crippen molar-refractivity contribution >= 4 is 11.6 Å². The molecule has 0 radical (unpaired) electrons. The van der Waals surface area contributed by atoms with Crippen LogP contribution in [0.5, 0.6) is 0 Å². The molecule has 1 aromatic rings. The van der Waals surface area contributed by atoms with Crippen molar-refractivity contribution in [2.45, 2.75) is 18.8 Å². The van der Waals surface area contributed by atoms with Crippen molar-refractivity contribution in [3.8, 4) is 0 Å². The largest absolute Gasteiger partial charge is 0.417 e. The monoisotopic (exact) mass is 288 g/mol. The molecule has 0 saturated heterocycles. The van der Waals surface area contributed by atoms with Gasteiger partial charge in [-0.25, -0.2) is 0 Å². The van der Waals surface area contributed by atoms with E-state index in [0.717, 1.165) is 0 Å². The predicted octanol–water partition coefficient (Wildman–Crippen LogP) is 2.28. The van der Waals surface area contributed by atoms with Crippen molar-refractivity contribution in [2.75, 3.05) is 5.32 Å². The number of pyridine rings is 1. The number of hydrogen-bond acceptors (Lipinski definition) is 2. The van der Waals surface area contributed by atoms with Crippen LogP contribution in [0, 0.1) is 0 Å². The maximum Gasteiger partial charge on any atom is 0.417 e. The number of hydrogen-bond donors (Lipinski definition) is 2. The number of halogens is 6. The van der Waals surface area contributed by atoms with Crippen LogP contribution in [-0.4, -0.2) is 17.1 Å². The number of aromatic amines is 1. The highest BCUT2D eigenvalue weighted by atomic mass is 19.4. The summed E-state index contributed by atoms with van der Waals surface area (Å²) in [6, 6.07) is 0.257. The van der Waals surface area contributed by atoms with Gasteiger partial charge in [0, 0.05) is 6.20 Å². The van der Waals surface area contributed by atoms with E-state index >= 15 is 0 Å². The fourth-order valence-electron chi connectivity index (χ4n) is 1.12. The molecule has 1 heterocycles. The molecule has 0 aromatic carbocycles. The first-order chi connectivity index (χ1) is 8.49. The molecule has 10 heteroatoms. The van der Waals surface area contributed by atoms with Crippen molar-refractivity contribution in [2.24, 2.45) is 0 Å². The lowest BCUT2D eigenvalue weighted by molar-refractivity contribution is -0.150. The second kappa shape index (κ2) is 4.94. The molecule has 1 rings (SSSR count). The number of rotatable bonds is 2. The van der Waals surface area contributed by atoms with E-state index in [1.54, 1.807) is 4.98 Å². The molecule has 2 N–H and O–H groups in total. The first-order valence-corrected chi connectivity index (χ1v) is 4.65. The summed E-state index contributed by atoms with van der Waals surface area (Å²) in [5.41, 5.74) is -3.33. The van der Waals surface area contributed by atoms with Crippen molar-refractivity contribution < 1.29 is 31.1 Å². The SMILES string of the molecule is O=C(CC(F)(F)F)Nc1cc(C(F)(F)F)c[nH]c1=O. The standard InChI is InChI=1S/C9H6F6N2O2/c10-8(11,12)2-6(18)17-5-1-4(9(13,14)15)3-16-7(5)19/h1,3H,2H2,(H,16,19)(H,17,18). The van der Waals surface area contributed by atoms with E-state index in [0.29, 0.717) is 6.20 Å². The van der Waals surface area contributed by atoms with Crippen LogP contribution in [0.1, 0.15) is 12.0 Å². The molecule has 0 bridgehead atoms. The summed E-state index contributed by atoms with van der Waals surface area (Å²) in [4.78, 5) is 23.6. The predicted molar refractivity (Wildman–Crippen MR) is 51.4 cm³/mol. The summed E-state index contributed by atoms with van der Waals surface area (Å²) in [6.07, 6.45) is -11.2. The molecule has 4 nitrogen and oxygen atoms in total. The summed E-state index contributed by atoms with van der Waals surface area (Å²) < 4.78 is 72.4. The second-order valence-corrected chi connectivity index (χ2v) is 3.47. The van der Waals surface area contributed by atoms with Crippen molar-refractivity contribution in [1.29, 1.82) is 0 Å². The minimum atomic E-state index is -4.82. The second-order valence-electron chi connectivity index (χ2n) is 3.47. The Balaban J connectivity index is 2.96. The Hall–Kier alpha value is -2.00. The zero-order valence-electron chi connectivity index (χ0n) is 8.95. The molecular weight excluding hydrogens is 282 g/mol. The molecule has 0 aliphatic heterocycles. The third kappa shape index (κ3) is 4.64. The number of aromatic nitrogens is 1. The van der Waals surface area contributed by atoms with E-state index in [9.17, 15) is 35.9 Å². The smallest absolute Gasteiger partial charge is 0.327 e. The minimum Gasteiger partial charge on any atom is -0.327 e. The van der Waals surface area contributed by atoms with E-state index < -0.39 is 41.5 Å². The fraction of sp³-hybridized carbons (Fsp3) is 0.333. The summed E-state index contributed by atoms with van der Waals surface area (Å²) in [6.45, 7) is 0. The molecule has 0 saturated carbocycles. The topological polar surface area (TPSA) is 62.0 Å². The van der Waals surface area contributed by atoms with E-state index in [2.05, 4.69) is 0 Å². The van der Waals surface area contributed by atoms with Gasteiger partial charge in [0.1, 0.15) is 12.1 Å². The first kappa shape index (κ1) is 15.1. The lowest BCUT2D eigenvalue weighted by atomic mass is 10.2. The molecule has 0 fully saturated rings. The van der Waals surface area contributed by atoms with Crippen LogP contribution in [0.25, 0.3) is 0 Å². The Labute approximate surface area is 101 Å². The Morgan fingerprint density at radius 1 is 1.21 bits per heavy atom. The molecule has 1 aromatic heterocycles. The summed E-state index contributed by atoms with van der Waals surface area (Å²) >= 11 is 0. The number of carbonyl (C=O) groups is 1. The fourth-order valence-corrected chi connectivity index (χ4v) is 1.12. The van der Waals surface area contributed by atoms with E-state index in [1.165, 1.54) is 5.32 Å². The molecule has 0 unspecified atom stereocenters.